The molecule has 3 nitrogen and oxygen atoms in total. The van der Waals surface area contributed by atoms with Crippen LogP contribution in [0.2, 0.25) is 5.02 Å². The lowest BCUT2D eigenvalue weighted by molar-refractivity contribution is 0.0868. The van der Waals surface area contributed by atoms with Crippen molar-refractivity contribution < 1.29 is 14.3 Å². The minimum atomic E-state index is -0.624. The fraction of sp³-hybridized carbons (Fsp3) is 0.500. The summed E-state index contributed by atoms with van der Waals surface area (Å²) in [5.41, 5.74) is -0.00772. The van der Waals surface area contributed by atoms with Crippen LogP contribution in [0.3, 0.4) is 0 Å². The Morgan fingerprint density at radius 1 is 1.42 bits per heavy atom. The molecule has 2 atom stereocenters. The lowest BCUT2D eigenvalue weighted by Crippen LogP contribution is -2.43. The molecule has 104 valence electrons. The topological polar surface area (TPSA) is 49.3 Å². The third-order valence-corrected chi connectivity index (χ3v) is 3.87. The summed E-state index contributed by atoms with van der Waals surface area (Å²) in [5.74, 6) is -1.01. The number of benzene rings is 1. The Kier molecular flexibility index (Phi) is 4.77. The van der Waals surface area contributed by atoms with E-state index in [-0.39, 0.29) is 29.2 Å². The van der Waals surface area contributed by atoms with Crippen LogP contribution in [0.5, 0.6) is 0 Å². The summed E-state index contributed by atoms with van der Waals surface area (Å²) in [5, 5.41) is 12.4. The molecule has 5 heteroatoms. The van der Waals surface area contributed by atoms with Gasteiger partial charge in [-0.2, -0.15) is 0 Å². The molecule has 0 radical (unpaired) electrons. The molecule has 0 aliphatic heterocycles. The van der Waals surface area contributed by atoms with E-state index in [0.29, 0.717) is 0 Å². The van der Waals surface area contributed by atoms with E-state index in [1.807, 2.05) is 0 Å². The monoisotopic (exact) mass is 285 g/mol. The Morgan fingerprint density at radius 3 is 2.84 bits per heavy atom. The number of hydrogen-bond acceptors (Lipinski definition) is 2. The molecule has 1 saturated carbocycles. The number of amides is 1. The molecule has 1 aromatic carbocycles. The molecular formula is C14H17ClFNO2. The maximum atomic E-state index is 13.6. The van der Waals surface area contributed by atoms with E-state index < -0.39 is 11.7 Å². The SMILES string of the molecule is O=C(NC1CCCCC1CO)c1ccc(Cl)cc1F. The first-order chi connectivity index (χ1) is 9.11. The van der Waals surface area contributed by atoms with Gasteiger partial charge < -0.3 is 10.4 Å². The predicted molar refractivity (Wildman–Crippen MR) is 71.7 cm³/mol. The summed E-state index contributed by atoms with van der Waals surface area (Å²) in [4.78, 5) is 12.0. The van der Waals surface area contributed by atoms with E-state index in [9.17, 15) is 14.3 Å². The molecule has 1 amide bonds. The molecule has 0 aromatic heterocycles. The van der Waals surface area contributed by atoms with Crippen LogP contribution in [0.25, 0.3) is 0 Å². The highest BCUT2D eigenvalue weighted by Gasteiger charge is 2.26. The van der Waals surface area contributed by atoms with Crippen LogP contribution >= 0.6 is 11.6 Å². The van der Waals surface area contributed by atoms with E-state index in [1.54, 1.807) is 0 Å². The number of carbonyl (C=O) groups excluding carboxylic acids is 1. The zero-order valence-electron chi connectivity index (χ0n) is 10.5. The van der Waals surface area contributed by atoms with Gasteiger partial charge in [-0.3, -0.25) is 4.79 Å². The minimum absolute atomic E-state index is 0.00772. The number of rotatable bonds is 3. The number of aliphatic hydroxyl groups excluding tert-OH is 1. The first-order valence-electron chi connectivity index (χ1n) is 6.48. The van der Waals surface area contributed by atoms with E-state index in [1.165, 1.54) is 12.1 Å². The average molecular weight is 286 g/mol. The highest BCUT2D eigenvalue weighted by Crippen LogP contribution is 2.24. The smallest absolute Gasteiger partial charge is 0.254 e. The van der Waals surface area contributed by atoms with Crippen molar-refractivity contribution in [3.05, 3.63) is 34.6 Å². The van der Waals surface area contributed by atoms with Crippen molar-refractivity contribution in [2.75, 3.05) is 6.61 Å². The summed E-state index contributed by atoms with van der Waals surface area (Å²) < 4.78 is 13.6. The number of nitrogens with one attached hydrogen (secondary N) is 1. The third-order valence-electron chi connectivity index (χ3n) is 3.64. The second-order valence-electron chi connectivity index (χ2n) is 4.93. The fourth-order valence-electron chi connectivity index (χ4n) is 2.54. The van der Waals surface area contributed by atoms with Crippen molar-refractivity contribution >= 4 is 17.5 Å². The number of aliphatic hydroxyl groups is 1. The maximum absolute atomic E-state index is 13.6. The van der Waals surface area contributed by atoms with Gasteiger partial charge in [0.05, 0.1) is 5.56 Å². The summed E-state index contributed by atoms with van der Waals surface area (Å²) in [6.45, 7) is 0.0496. The summed E-state index contributed by atoms with van der Waals surface area (Å²) in [6, 6.07) is 3.91. The second-order valence-corrected chi connectivity index (χ2v) is 5.37. The molecule has 19 heavy (non-hydrogen) atoms. The second kappa shape index (κ2) is 6.35. The Labute approximate surface area is 116 Å². The summed E-state index contributed by atoms with van der Waals surface area (Å²) >= 11 is 5.65. The van der Waals surface area contributed by atoms with Gasteiger partial charge in [0.1, 0.15) is 5.82 Å². The van der Waals surface area contributed by atoms with Crippen LogP contribution in [-0.2, 0) is 0 Å². The van der Waals surface area contributed by atoms with Crippen molar-refractivity contribution in [2.24, 2.45) is 5.92 Å². The minimum Gasteiger partial charge on any atom is -0.396 e. The van der Waals surface area contributed by atoms with Crippen LogP contribution < -0.4 is 5.32 Å². The van der Waals surface area contributed by atoms with Gasteiger partial charge in [0.25, 0.3) is 5.91 Å². The molecule has 1 aliphatic carbocycles. The maximum Gasteiger partial charge on any atom is 0.254 e. The Bertz CT molecular complexity index is 467. The van der Waals surface area contributed by atoms with Gasteiger partial charge >= 0.3 is 0 Å². The standard InChI is InChI=1S/C14H17ClFNO2/c15-10-5-6-11(12(16)7-10)14(19)17-13-4-2-1-3-9(13)8-18/h5-7,9,13,18H,1-4,8H2,(H,17,19). The molecule has 0 bridgehead atoms. The number of halogens is 2. The van der Waals surface area contributed by atoms with Gasteiger partial charge in [-0.25, -0.2) is 4.39 Å². The van der Waals surface area contributed by atoms with Crippen molar-refractivity contribution in [3.63, 3.8) is 0 Å². The average Bonchev–Trinajstić information content (AvgIpc) is 2.39. The highest BCUT2D eigenvalue weighted by molar-refractivity contribution is 6.30. The van der Waals surface area contributed by atoms with Crippen molar-refractivity contribution in [2.45, 2.75) is 31.7 Å². The molecular weight excluding hydrogens is 269 g/mol. The predicted octanol–water partition coefficient (Wildman–Crippen LogP) is 2.76. The number of hydrogen-bond donors (Lipinski definition) is 2. The van der Waals surface area contributed by atoms with Crippen molar-refractivity contribution in [1.82, 2.24) is 5.32 Å². The van der Waals surface area contributed by atoms with E-state index >= 15 is 0 Å². The highest BCUT2D eigenvalue weighted by atomic mass is 35.5. The zero-order chi connectivity index (χ0) is 13.8. The van der Waals surface area contributed by atoms with E-state index in [4.69, 9.17) is 11.6 Å². The quantitative estimate of drug-likeness (QED) is 0.897. The van der Waals surface area contributed by atoms with Gasteiger partial charge in [0, 0.05) is 23.6 Å². The molecule has 2 unspecified atom stereocenters. The Hall–Kier alpha value is -1.13. The van der Waals surface area contributed by atoms with Crippen LogP contribution in [0.4, 0.5) is 4.39 Å². The zero-order valence-corrected chi connectivity index (χ0v) is 11.3. The first-order valence-corrected chi connectivity index (χ1v) is 6.86. The molecule has 0 spiro atoms. The van der Waals surface area contributed by atoms with Crippen molar-refractivity contribution in [1.29, 1.82) is 0 Å². The third kappa shape index (κ3) is 3.45. The summed E-state index contributed by atoms with van der Waals surface area (Å²) in [7, 11) is 0. The molecule has 1 aromatic rings. The van der Waals surface area contributed by atoms with Crippen LogP contribution in [0.15, 0.2) is 18.2 Å². The lowest BCUT2D eigenvalue weighted by Gasteiger charge is -2.30. The molecule has 2 N–H and O–H groups in total. The van der Waals surface area contributed by atoms with Gasteiger partial charge in [0.2, 0.25) is 0 Å². The molecule has 1 aliphatic rings. The Balaban J connectivity index is 2.07. The molecule has 1 fully saturated rings. The van der Waals surface area contributed by atoms with Crippen LogP contribution in [-0.4, -0.2) is 23.7 Å². The van der Waals surface area contributed by atoms with E-state index in [2.05, 4.69) is 5.32 Å². The largest absolute Gasteiger partial charge is 0.396 e. The van der Waals surface area contributed by atoms with Crippen LogP contribution in [0.1, 0.15) is 36.0 Å². The number of carbonyl (C=O) groups is 1. The van der Waals surface area contributed by atoms with E-state index in [0.717, 1.165) is 31.7 Å². The molecule has 0 saturated heterocycles. The molecule has 0 heterocycles. The fourth-order valence-corrected chi connectivity index (χ4v) is 2.69. The van der Waals surface area contributed by atoms with Gasteiger partial charge in [-0.05, 0) is 31.0 Å². The van der Waals surface area contributed by atoms with Gasteiger partial charge in [-0.1, -0.05) is 24.4 Å². The molecule has 2 rings (SSSR count). The lowest BCUT2D eigenvalue weighted by atomic mass is 9.85. The first kappa shape index (κ1) is 14.3. The van der Waals surface area contributed by atoms with Gasteiger partial charge in [0.15, 0.2) is 0 Å². The van der Waals surface area contributed by atoms with Gasteiger partial charge in [-0.15, -0.1) is 0 Å². The van der Waals surface area contributed by atoms with Crippen molar-refractivity contribution in [3.8, 4) is 0 Å². The summed E-state index contributed by atoms with van der Waals surface area (Å²) in [6.07, 6.45) is 3.80. The Morgan fingerprint density at radius 2 is 2.16 bits per heavy atom. The van der Waals surface area contributed by atoms with Crippen LogP contribution in [0, 0.1) is 11.7 Å². The normalized spacial score (nSPS) is 23.1.